The number of likely N-dealkylation sites (N-methyl/N-ethyl adjacent to an activating group) is 1. The molecule has 0 atom stereocenters. The van der Waals surface area contributed by atoms with Crippen molar-refractivity contribution in [3.63, 3.8) is 0 Å². The molecule has 0 aromatic carbocycles. The predicted octanol–water partition coefficient (Wildman–Crippen LogP) is 1.34. The largest absolute Gasteiger partial charge is 0.464 e. The zero-order valence-corrected chi connectivity index (χ0v) is 11.5. The summed E-state index contributed by atoms with van der Waals surface area (Å²) in [4.78, 5) is 25.7. The molecule has 104 valence electrons. The molecule has 0 aliphatic rings. The lowest BCUT2D eigenvalue weighted by molar-refractivity contribution is 0.0593. The van der Waals surface area contributed by atoms with Gasteiger partial charge in [0, 0.05) is 31.9 Å². The van der Waals surface area contributed by atoms with Crippen LogP contribution in [0.1, 0.15) is 16.2 Å². The maximum absolute atomic E-state index is 11.3. The molecule has 0 fully saturated rings. The SMILES string of the molecule is COC(=O)c1cnc(N(C)CCc2ccccn2)cn1. The van der Waals surface area contributed by atoms with Crippen molar-refractivity contribution in [3.05, 3.63) is 48.2 Å². The number of anilines is 1. The van der Waals surface area contributed by atoms with Crippen molar-refractivity contribution in [1.29, 1.82) is 0 Å². The fraction of sp³-hybridized carbons (Fsp3) is 0.286. The predicted molar refractivity (Wildman–Crippen MR) is 74.6 cm³/mol. The first kappa shape index (κ1) is 13.9. The molecule has 20 heavy (non-hydrogen) atoms. The third-order valence-corrected chi connectivity index (χ3v) is 2.85. The minimum absolute atomic E-state index is 0.203. The summed E-state index contributed by atoms with van der Waals surface area (Å²) in [5, 5.41) is 0. The van der Waals surface area contributed by atoms with Gasteiger partial charge in [-0.15, -0.1) is 0 Å². The molecular weight excluding hydrogens is 256 g/mol. The molecule has 2 heterocycles. The van der Waals surface area contributed by atoms with E-state index >= 15 is 0 Å². The molecule has 0 spiro atoms. The van der Waals surface area contributed by atoms with Crippen LogP contribution in [0, 0.1) is 0 Å². The van der Waals surface area contributed by atoms with E-state index in [2.05, 4.69) is 19.7 Å². The highest BCUT2D eigenvalue weighted by Gasteiger charge is 2.09. The van der Waals surface area contributed by atoms with E-state index in [0.29, 0.717) is 5.82 Å². The van der Waals surface area contributed by atoms with Crippen LogP contribution in [0.4, 0.5) is 5.82 Å². The Balaban J connectivity index is 1.95. The van der Waals surface area contributed by atoms with Gasteiger partial charge in [-0.3, -0.25) is 4.98 Å². The molecule has 2 aromatic rings. The summed E-state index contributed by atoms with van der Waals surface area (Å²) in [5.41, 5.74) is 1.23. The van der Waals surface area contributed by atoms with Crippen LogP contribution in [0.2, 0.25) is 0 Å². The van der Waals surface area contributed by atoms with E-state index < -0.39 is 5.97 Å². The lowest BCUT2D eigenvalue weighted by Gasteiger charge is -2.17. The van der Waals surface area contributed by atoms with Gasteiger partial charge < -0.3 is 9.64 Å². The van der Waals surface area contributed by atoms with Crippen LogP contribution in [-0.2, 0) is 11.2 Å². The number of nitrogens with zero attached hydrogens (tertiary/aromatic N) is 4. The number of aromatic nitrogens is 3. The van der Waals surface area contributed by atoms with Crippen molar-refractivity contribution in [2.75, 3.05) is 25.6 Å². The van der Waals surface area contributed by atoms with Crippen molar-refractivity contribution in [3.8, 4) is 0 Å². The topological polar surface area (TPSA) is 68.2 Å². The van der Waals surface area contributed by atoms with Crippen LogP contribution in [0.3, 0.4) is 0 Å². The molecule has 0 saturated heterocycles. The minimum Gasteiger partial charge on any atom is -0.464 e. The van der Waals surface area contributed by atoms with Crippen LogP contribution < -0.4 is 4.90 Å². The number of methoxy groups -OCH3 is 1. The Kier molecular flexibility index (Phi) is 4.60. The number of hydrogen-bond donors (Lipinski definition) is 0. The summed E-state index contributed by atoms with van der Waals surface area (Å²) in [6, 6.07) is 5.84. The van der Waals surface area contributed by atoms with Gasteiger partial charge in [-0.1, -0.05) is 6.07 Å². The second-order valence-electron chi connectivity index (χ2n) is 4.24. The monoisotopic (exact) mass is 272 g/mol. The van der Waals surface area contributed by atoms with E-state index in [1.54, 1.807) is 12.4 Å². The van der Waals surface area contributed by atoms with Gasteiger partial charge in [-0.2, -0.15) is 0 Å². The van der Waals surface area contributed by atoms with E-state index in [1.165, 1.54) is 13.3 Å². The molecular formula is C14H16N4O2. The van der Waals surface area contributed by atoms with Crippen LogP contribution in [0.15, 0.2) is 36.8 Å². The van der Waals surface area contributed by atoms with E-state index in [4.69, 9.17) is 0 Å². The molecule has 0 bridgehead atoms. The number of pyridine rings is 1. The molecule has 0 aliphatic heterocycles. The maximum Gasteiger partial charge on any atom is 0.358 e. The van der Waals surface area contributed by atoms with Gasteiger partial charge in [-0.25, -0.2) is 14.8 Å². The van der Waals surface area contributed by atoms with Crippen molar-refractivity contribution in [2.24, 2.45) is 0 Å². The maximum atomic E-state index is 11.3. The van der Waals surface area contributed by atoms with Crippen molar-refractivity contribution in [1.82, 2.24) is 15.0 Å². The number of rotatable bonds is 5. The number of carbonyl (C=O) groups excluding carboxylic acids is 1. The highest BCUT2D eigenvalue weighted by molar-refractivity contribution is 5.86. The van der Waals surface area contributed by atoms with Gasteiger partial charge in [0.25, 0.3) is 0 Å². The van der Waals surface area contributed by atoms with Gasteiger partial charge in [0.15, 0.2) is 5.69 Å². The zero-order valence-electron chi connectivity index (χ0n) is 11.5. The van der Waals surface area contributed by atoms with Crippen molar-refractivity contribution < 1.29 is 9.53 Å². The Bertz CT molecular complexity index is 557. The summed E-state index contributed by atoms with van der Waals surface area (Å²) < 4.78 is 4.58. The summed E-state index contributed by atoms with van der Waals surface area (Å²) >= 11 is 0. The first-order valence-electron chi connectivity index (χ1n) is 6.22. The average Bonchev–Trinajstić information content (AvgIpc) is 2.53. The second kappa shape index (κ2) is 6.60. The van der Waals surface area contributed by atoms with Crippen LogP contribution >= 0.6 is 0 Å². The lowest BCUT2D eigenvalue weighted by Crippen LogP contribution is -2.22. The number of ether oxygens (including phenoxy) is 1. The number of esters is 1. The van der Waals surface area contributed by atoms with E-state index in [1.807, 2.05) is 30.1 Å². The Labute approximate surface area is 117 Å². The lowest BCUT2D eigenvalue weighted by atomic mass is 10.2. The van der Waals surface area contributed by atoms with E-state index in [-0.39, 0.29) is 5.69 Å². The van der Waals surface area contributed by atoms with Crippen LogP contribution in [0.25, 0.3) is 0 Å². The van der Waals surface area contributed by atoms with Gasteiger partial charge in [0.1, 0.15) is 5.82 Å². The smallest absolute Gasteiger partial charge is 0.358 e. The van der Waals surface area contributed by atoms with Gasteiger partial charge >= 0.3 is 5.97 Å². The van der Waals surface area contributed by atoms with Crippen molar-refractivity contribution >= 4 is 11.8 Å². The molecule has 0 aliphatic carbocycles. The highest BCUT2D eigenvalue weighted by atomic mass is 16.5. The summed E-state index contributed by atoms with van der Waals surface area (Å²) in [6.07, 6.45) is 5.57. The molecule has 6 nitrogen and oxygen atoms in total. The Hall–Kier alpha value is -2.50. The summed E-state index contributed by atoms with van der Waals surface area (Å²) in [5.74, 6) is 0.216. The number of hydrogen-bond acceptors (Lipinski definition) is 6. The highest BCUT2D eigenvalue weighted by Crippen LogP contribution is 2.08. The fourth-order valence-corrected chi connectivity index (χ4v) is 1.67. The molecule has 6 heteroatoms. The van der Waals surface area contributed by atoms with E-state index in [9.17, 15) is 4.79 Å². The normalized spacial score (nSPS) is 10.1. The van der Waals surface area contributed by atoms with Crippen LogP contribution in [0.5, 0.6) is 0 Å². The Morgan fingerprint density at radius 1 is 1.25 bits per heavy atom. The minimum atomic E-state index is -0.486. The molecule has 0 saturated carbocycles. The molecule has 2 aromatic heterocycles. The summed E-state index contributed by atoms with van der Waals surface area (Å²) in [7, 11) is 3.24. The first-order chi connectivity index (χ1) is 9.70. The van der Waals surface area contributed by atoms with E-state index in [0.717, 1.165) is 18.7 Å². The third kappa shape index (κ3) is 3.50. The van der Waals surface area contributed by atoms with Gasteiger partial charge in [0.2, 0.25) is 0 Å². The molecule has 0 unspecified atom stereocenters. The fourth-order valence-electron chi connectivity index (χ4n) is 1.67. The Morgan fingerprint density at radius 2 is 2.10 bits per heavy atom. The first-order valence-corrected chi connectivity index (χ1v) is 6.22. The molecule has 2 rings (SSSR count). The number of carbonyl (C=O) groups is 1. The van der Waals surface area contributed by atoms with Crippen LogP contribution in [-0.4, -0.2) is 41.6 Å². The Morgan fingerprint density at radius 3 is 2.70 bits per heavy atom. The quantitative estimate of drug-likeness (QED) is 0.765. The zero-order chi connectivity index (χ0) is 14.4. The second-order valence-corrected chi connectivity index (χ2v) is 4.24. The van der Waals surface area contributed by atoms with Gasteiger partial charge in [0.05, 0.1) is 19.5 Å². The molecule has 0 N–H and O–H groups in total. The molecule has 0 radical (unpaired) electrons. The average molecular weight is 272 g/mol. The molecule has 0 amide bonds. The summed E-state index contributed by atoms with van der Waals surface area (Å²) in [6.45, 7) is 0.767. The van der Waals surface area contributed by atoms with Crippen molar-refractivity contribution in [2.45, 2.75) is 6.42 Å². The third-order valence-electron chi connectivity index (χ3n) is 2.85. The van der Waals surface area contributed by atoms with Gasteiger partial charge in [-0.05, 0) is 12.1 Å². The standard InChI is InChI=1S/C14H16N4O2/c1-18(8-6-11-5-3-4-7-15-11)13-10-16-12(9-17-13)14(19)20-2/h3-5,7,9-10H,6,8H2,1-2H3.